The lowest BCUT2D eigenvalue weighted by Crippen LogP contribution is -2.29. The van der Waals surface area contributed by atoms with Crippen molar-refractivity contribution in [1.82, 2.24) is 0 Å². The van der Waals surface area contributed by atoms with E-state index < -0.39 is 54.9 Å². The normalized spacial score (nSPS) is 10.7. The van der Waals surface area contributed by atoms with Crippen molar-refractivity contribution >= 4 is 35.8 Å². The maximum atomic E-state index is 10.6. The highest BCUT2D eigenvalue weighted by Crippen LogP contribution is 2.11. The Kier molecular flexibility index (Phi) is 9.32. The lowest BCUT2D eigenvalue weighted by Gasteiger charge is -2.08. The van der Waals surface area contributed by atoms with Crippen LogP contribution < -0.4 is 0 Å². The molecule has 1 aromatic rings. The Morgan fingerprint density at radius 2 is 1.04 bits per heavy atom. The molecule has 0 fully saturated rings. The Labute approximate surface area is 155 Å². The van der Waals surface area contributed by atoms with E-state index in [0.717, 1.165) is 18.2 Å². The maximum Gasteiger partial charge on any atom is 0.335 e. The molecule has 1 atom stereocenters. The van der Waals surface area contributed by atoms with Crippen molar-refractivity contribution in [3.8, 4) is 0 Å². The van der Waals surface area contributed by atoms with Crippen LogP contribution in [0.25, 0.3) is 0 Å². The minimum Gasteiger partial charge on any atom is -0.481 e. The van der Waals surface area contributed by atoms with Gasteiger partial charge in [-0.2, -0.15) is 0 Å². The summed E-state index contributed by atoms with van der Waals surface area (Å²) in [6.07, 6.45) is -2.38. The van der Waals surface area contributed by atoms with Gasteiger partial charge in [-0.05, 0) is 18.2 Å². The number of hydrogen-bond donors (Lipinski definition) is 6. The molecular formula is C15H14O13. The Morgan fingerprint density at radius 3 is 1.25 bits per heavy atom. The molecule has 152 valence electrons. The molecule has 0 saturated carbocycles. The third-order valence-corrected chi connectivity index (χ3v) is 2.72. The largest absolute Gasteiger partial charge is 0.481 e. The summed E-state index contributed by atoms with van der Waals surface area (Å²) in [7, 11) is 0. The van der Waals surface area contributed by atoms with Gasteiger partial charge < -0.3 is 35.4 Å². The van der Waals surface area contributed by atoms with Crippen molar-refractivity contribution in [2.24, 2.45) is 0 Å². The fraction of sp³-hybridized carbons (Fsp3) is 0.200. The molecule has 13 heteroatoms. The molecular weight excluding hydrogens is 388 g/mol. The number of carboxylic acids is 6. The summed E-state index contributed by atoms with van der Waals surface area (Å²) in [5.41, 5.74) is -1.10. The van der Waals surface area contributed by atoms with Gasteiger partial charge in [0.1, 0.15) is 6.61 Å². The van der Waals surface area contributed by atoms with Crippen LogP contribution in [0.15, 0.2) is 18.2 Å². The molecule has 28 heavy (non-hydrogen) atoms. The van der Waals surface area contributed by atoms with Crippen LogP contribution in [0, 0.1) is 0 Å². The molecule has 6 N–H and O–H groups in total. The molecule has 0 aliphatic carbocycles. The summed E-state index contributed by atoms with van der Waals surface area (Å²) < 4.78 is 4.30. The molecule has 0 amide bonds. The lowest BCUT2D eigenvalue weighted by atomic mass is 10.1. The Hall–Kier alpha value is -4.00. The van der Waals surface area contributed by atoms with E-state index in [4.69, 9.17) is 30.6 Å². The van der Waals surface area contributed by atoms with Crippen LogP contribution in [-0.2, 0) is 19.1 Å². The predicted molar refractivity (Wildman–Crippen MR) is 84.6 cm³/mol. The molecule has 0 bridgehead atoms. The number of aliphatic carboxylic acids is 3. The number of ether oxygens (including phenoxy) is 1. The van der Waals surface area contributed by atoms with E-state index in [1.54, 1.807) is 0 Å². The first-order valence-corrected chi connectivity index (χ1v) is 6.98. The Balaban J connectivity index is 0.000000528. The summed E-state index contributed by atoms with van der Waals surface area (Å²) in [6, 6.07) is 2.70. The fourth-order valence-electron chi connectivity index (χ4n) is 1.55. The van der Waals surface area contributed by atoms with Gasteiger partial charge in [0, 0.05) is 0 Å². The van der Waals surface area contributed by atoms with Crippen LogP contribution in [0.2, 0.25) is 0 Å². The standard InChI is InChI=1S/C9H6O6.C6H8O7/c10-7(11)4-1-5(8(12)13)3-6(2-4)9(14)15;7-4(8)1-3(6(11)12)13-2-5(9)10/h1-3H,(H,10,11)(H,12,13)(H,14,15);3H,1-2H2,(H,7,8)(H,9,10)(H,11,12). The molecule has 1 unspecified atom stereocenters. The number of rotatable bonds is 9. The monoisotopic (exact) mass is 402 g/mol. The SMILES string of the molecule is O=C(O)COC(CC(=O)O)C(=O)O.O=C(O)c1cc(C(=O)O)cc(C(=O)O)c1. The third-order valence-electron chi connectivity index (χ3n) is 2.72. The fourth-order valence-corrected chi connectivity index (χ4v) is 1.55. The summed E-state index contributed by atoms with van der Waals surface area (Å²) >= 11 is 0. The maximum absolute atomic E-state index is 10.6. The molecule has 0 aromatic heterocycles. The van der Waals surface area contributed by atoms with E-state index in [1.165, 1.54) is 0 Å². The number of hydrogen-bond acceptors (Lipinski definition) is 7. The number of carboxylic acid groups (broad SMARTS) is 6. The van der Waals surface area contributed by atoms with Crippen molar-refractivity contribution in [2.45, 2.75) is 12.5 Å². The first-order valence-electron chi connectivity index (χ1n) is 6.98. The smallest absolute Gasteiger partial charge is 0.335 e. The first kappa shape index (κ1) is 24.0. The van der Waals surface area contributed by atoms with Gasteiger partial charge in [0.2, 0.25) is 0 Å². The van der Waals surface area contributed by atoms with Gasteiger partial charge in [0.05, 0.1) is 23.1 Å². The zero-order chi connectivity index (χ0) is 22.0. The van der Waals surface area contributed by atoms with Gasteiger partial charge in [0.25, 0.3) is 0 Å². The van der Waals surface area contributed by atoms with Crippen LogP contribution in [0.5, 0.6) is 0 Å². The van der Waals surface area contributed by atoms with E-state index in [9.17, 15) is 28.8 Å². The van der Waals surface area contributed by atoms with Crippen LogP contribution >= 0.6 is 0 Å². The Morgan fingerprint density at radius 1 is 0.679 bits per heavy atom. The van der Waals surface area contributed by atoms with Crippen LogP contribution in [0.3, 0.4) is 0 Å². The van der Waals surface area contributed by atoms with Gasteiger partial charge in [-0.25, -0.2) is 24.0 Å². The van der Waals surface area contributed by atoms with E-state index >= 15 is 0 Å². The zero-order valence-corrected chi connectivity index (χ0v) is 13.8. The predicted octanol–water partition coefficient (Wildman–Crippen LogP) is -0.203. The third kappa shape index (κ3) is 8.91. The summed E-state index contributed by atoms with van der Waals surface area (Å²) in [6.45, 7) is -0.829. The molecule has 0 aliphatic rings. The second-order valence-electron chi connectivity index (χ2n) is 4.84. The van der Waals surface area contributed by atoms with Crippen molar-refractivity contribution in [3.63, 3.8) is 0 Å². The second-order valence-corrected chi connectivity index (χ2v) is 4.84. The molecule has 0 spiro atoms. The molecule has 0 radical (unpaired) electrons. The second kappa shape index (κ2) is 10.9. The van der Waals surface area contributed by atoms with Crippen molar-refractivity contribution in [1.29, 1.82) is 0 Å². The molecule has 1 aromatic carbocycles. The van der Waals surface area contributed by atoms with E-state index in [-0.39, 0.29) is 16.7 Å². The highest BCUT2D eigenvalue weighted by Gasteiger charge is 2.22. The van der Waals surface area contributed by atoms with Gasteiger partial charge in [-0.1, -0.05) is 0 Å². The topological polar surface area (TPSA) is 233 Å². The van der Waals surface area contributed by atoms with Gasteiger partial charge in [-0.3, -0.25) is 4.79 Å². The van der Waals surface area contributed by atoms with Crippen LogP contribution in [-0.4, -0.2) is 79.2 Å². The molecule has 0 aliphatic heterocycles. The van der Waals surface area contributed by atoms with Crippen molar-refractivity contribution in [3.05, 3.63) is 34.9 Å². The van der Waals surface area contributed by atoms with Crippen molar-refractivity contribution < 1.29 is 64.1 Å². The lowest BCUT2D eigenvalue weighted by molar-refractivity contribution is -0.161. The molecule has 0 heterocycles. The minimum atomic E-state index is -1.62. The van der Waals surface area contributed by atoms with Gasteiger partial charge in [-0.15, -0.1) is 0 Å². The van der Waals surface area contributed by atoms with Gasteiger partial charge >= 0.3 is 35.8 Å². The van der Waals surface area contributed by atoms with Crippen molar-refractivity contribution in [2.75, 3.05) is 6.61 Å². The minimum absolute atomic E-state index is 0.368. The summed E-state index contributed by atoms with van der Waals surface area (Å²) in [5.74, 6) is -8.33. The average molecular weight is 402 g/mol. The van der Waals surface area contributed by atoms with E-state index in [1.807, 2.05) is 0 Å². The van der Waals surface area contributed by atoms with Gasteiger partial charge in [0.15, 0.2) is 6.10 Å². The van der Waals surface area contributed by atoms with Crippen LogP contribution in [0.1, 0.15) is 37.5 Å². The Bertz CT molecular complexity index is 716. The van der Waals surface area contributed by atoms with Crippen LogP contribution in [0.4, 0.5) is 0 Å². The quantitative estimate of drug-likeness (QED) is 0.314. The summed E-state index contributed by atoms with van der Waals surface area (Å²) in [5, 5.41) is 50.5. The molecule has 13 nitrogen and oxygen atoms in total. The highest BCUT2D eigenvalue weighted by atomic mass is 16.5. The molecule has 0 saturated heterocycles. The average Bonchev–Trinajstić information content (AvgIpc) is 2.57. The number of carbonyl (C=O) groups is 6. The van der Waals surface area contributed by atoms with E-state index in [0.29, 0.717) is 0 Å². The first-order chi connectivity index (χ1) is 12.8. The zero-order valence-electron chi connectivity index (χ0n) is 13.8. The molecule has 1 rings (SSSR count). The highest BCUT2D eigenvalue weighted by molar-refractivity contribution is 5.98. The van der Waals surface area contributed by atoms with E-state index in [2.05, 4.69) is 4.74 Å². The number of benzene rings is 1. The summed E-state index contributed by atoms with van der Waals surface area (Å²) in [4.78, 5) is 62.0. The number of aromatic carboxylic acids is 3.